The number of carbonyl (C=O) groups excluding carboxylic acids is 1. The van der Waals surface area contributed by atoms with E-state index in [0.717, 1.165) is 12.8 Å². The molecule has 4 heteroatoms. The van der Waals surface area contributed by atoms with Crippen LogP contribution in [-0.4, -0.2) is 42.3 Å². The van der Waals surface area contributed by atoms with Crippen LogP contribution in [0.1, 0.15) is 24.5 Å². The molecule has 0 heterocycles. The Bertz CT molecular complexity index is 390. The zero-order valence-electron chi connectivity index (χ0n) is 12.0. The molecule has 0 spiro atoms. The van der Waals surface area contributed by atoms with Crippen LogP contribution >= 0.6 is 0 Å². The first-order chi connectivity index (χ1) is 9.06. The molecular formula is C15H24N2O2. The lowest BCUT2D eigenvalue weighted by Gasteiger charge is -2.22. The van der Waals surface area contributed by atoms with Gasteiger partial charge >= 0.3 is 6.03 Å². The summed E-state index contributed by atoms with van der Waals surface area (Å²) in [7, 11) is 1.68. The summed E-state index contributed by atoms with van der Waals surface area (Å²) >= 11 is 0. The second-order valence-electron chi connectivity index (χ2n) is 4.89. The van der Waals surface area contributed by atoms with Gasteiger partial charge in [-0.1, -0.05) is 36.8 Å². The van der Waals surface area contributed by atoms with Crippen molar-refractivity contribution in [1.29, 1.82) is 0 Å². The van der Waals surface area contributed by atoms with E-state index in [0.29, 0.717) is 6.54 Å². The third-order valence-corrected chi connectivity index (χ3v) is 3.21. The normalized spacial score (nSPS) is 12.0. The van der Waals surface area contributed by atoms with E-state index in [2.05, 4.69) is 43.4 Å². The fraction of sp³-hybridized carbons (Fsp3) is 0.533. The Morgan fingerprint density at radius 1 is 1.37 bits per heavy atom. The lowest BCUT2D eigenvalue weighted by molar-refractivity contribution is 0.186. The van der Waals surface area contributed by atoms with Crippen molar-refractivity contribution in [3.63, 3.8) is 0 Å². The van der Waals surface area contributed by atoms with Gasteiger partial charge in [0.25, 0.3) is 0 Å². The van der Waals surface area contributed by atoms with Crippen LogP contribution in [0.2, 0.25) is 0 Å². The van der Waals surface area contributed by atoms with E-state index in [4.69, 9.17) is 5.11 Å². The second-order valence-corrected chi connectivity index (χ2v) is 4.89. The van der Waals surface area contributed by atoms with E-state index < -0.39 is 0 Å². The zero-order chi connectivity index (χ0) is 14.3. The highest BCUT2D eigenvalue weighted by atomic mass is 16.3. The highest BCUT2D eigenvalue weighted by Crippen LogP contribution is 2.08. The predicted molar refractivity (Wildman–Crippen MR) is 77.2 cm³/mol. The Morgan fingerprint density at radius 3 is 2.53 bits per heavy atom. The maximum atomic E-state index is 11.9. The van der Waals surface area contributed by atoms with Crippen molar-refractivity contribution in [2.75, 3.05) is 20.2 Å². The number of nitrogens with zero attached hydrogens (tertiary/aromatic N) is 1. The molecule has 2 amide bonds. The van der Waals surface area contributed by atoms with Gasteiger partial charge in [0.1, 0.15) is 0 Å². The van der Waals surface area contributed by atoms with Gasteiger partial charge < -0.3 is 15.3 Å². The Kier molecular flexibility index (Phi) is 6.36. The number of likely N-dealkylation sites (N-methyl/N-ethyl adjacent to an activating group) is 1. The molecule has 1 rings (SSSR count). The van der Waals surface area contributed by atoms with Crippen LogP contribution in [0.5, 0.6) is 0 Å². The number of aryl methyl sites for hydroxylation is 1. The molecular weight excluding hydrogens is 240 g/mol. The number of rotatable bonds is 6. The average molecular weight is 264 g/mol. The number of aliphatic hydroxyl groups excluding tert-OH is 1. The Balaban J connectivity index is 2.54. The van der Waals surface area contributed by atoms with Crippen LogP contribution in [0, 0.1) is 6.92 Å². The molecule has 0 aliphatic heterocycles. The first-order valence-electron chi connectivity index (χ1n) is 6.74. The van der Waals surface area contributed by atoms with E-state index >= 15 is 0 Å². The largest absolute Gasteiger partial charge is 0.395 e. The lowest BCUT2D eigenvalue weighted by Crippen LogP contribution is -2.44. The number of hydrogen-bond acceptors (Lipinski definition) is 2. The number of benzene rings is 1. The van der Waals surface area contributed by atoms with Gasteiger partial charge in [-0.25, -0.2) is 4.79 Å². The zero-order valence-corrected chi connectivity index (χ0v) is 12.0. The third kappa shape index (κ3) is 5.30. The van der Waals surface area contributed by atoms with Gasteiger partial charge in [-0.05, 0) is 25.3 Å². The van der Waals surface area contributed by atoms with Crippen molar-refractivity contribution in [2.24, 2.45) is 0 Å². The summed E-state index contributed by atoms with van der Waals surface area (Å²) in [6.07, 6.45) is 1.71. The topological polar surface area (TPSA) is 52.6 Å². The van der Waals surface area contributed by atoms with E-state index in [9.17, 15) is 4.79 Å². The third-order valence-electron chi connectivity index (χ3n) is 3.21. The molecule has 0 bridgehead atoms. The maximum absolute atomic E-state index is 11.9. The number of carbonyl (C=O) groups is 1. The summed E-state index contributed by atoms with van der Waals surface area (Å²) < 4.78 is 0. The quantitative estimate of drug-likeness (QED) is 0.825. The molecule has 1 atom stereocenters. The van der Waals surface area contributed by atoms with Crippen LogP contribution in [-0.2, 0) is 6.42 Å². The molecule has 19 heavy (non-hydrogen) atoms. The van der Waals surface area contributed by atoms with Gasteiger partial charge in [-0.3, -0.25) is 0 Å². The van der Waals surface area contributed by atoms with E-state index in [1.54, 1.807) is 7.05 Å². The highest BCUT2D eigenvalue weighted by molar-refractivity contribution is 5.74. The van der Waals surface area contributed by atoms with Crippen LogP contribution < -0.4 is 5.32 Å². The van der Waals surface area contributed by atoms with Crippen LogP contribution in [0.15, 0.2) is 24.3 Å². The number of amides is 2. The smallest absolute Gasteiger partial charge is 0.317 e. The monoisotopic (exact) mass is 264 g/mol. The first-order valence-corrected chi connectivity index (χ1v) is 6.74. The lowest BCUT2D eigenvalue weighted by atomic mass is 10.0. The minimum atomic E-state index is -0.131. The van der Waals surface area contributed by atoms with Gasteiger partial charge in [-0.2, -0.15) is 0 Å². The summed E-state index contributed by atoms with van der Waals surface area (Å²) in [6, 6.07) is 8.36. The Hall–Kier alpha value is -1.55. The second kappa shape index (κ2) is 7.79. The summed E-state index contributed by atoms with van der Waals surface area (Å²) in [5.74, 6) is 0. The molecule has 106 valence electrons. The molecule has 0 saturated heterocycles. The van der Waals surface area contributed by atoms with Gasteiger partial charge in [-0.15, -0.1) is 0 Å². The predicted octanol–water partition coefficient (Wildman–Crippen LogP) is 1.95. The van der Waals surface area contributed by atoms with Gasteiger partial charge in [0.2, 0.25) is 0 Å². The average Bonchev–Trinajstić information content (AvgIpc) is 2.40. The van der Waals surface area contributed by atoms with E-state index in [1.165, 1.54) is 16.0 Å². The summed E-state index contributed by atoms with van der Waals surface area (Å²) in [5.41, 5.74) is 2.46. The maximum Gasteiger partial charge on any atom is 0.317 e. The van der Waals surface area contributed by atoms with Crippen LogP contribution in [0.4, 0.5) is 4.79 Å². The molecule has 1 unspecified atom stereocenters. The Morgan fingerprint density at radius 2 is 2.00 bits per heavy atom. The van der Waals surface area contributed by atoms with E-state index in [1.807, 2.05) is 0 Å². The number of nitrogens with one attached hydrogen (secondary N) is 1. The highest BCUT2D eigenvalue weighted by Gasteiger charge is 2.14. The molecule has 1 aromatic rings. The molecule has 0 fully saturated rings. The number of aliphatic hydroxyl groups is 1. The standard InChI is InChI=1S/C15H24N2O2/c1-4-14(16-15(19)17(3)9-10-18)11-13-7-5-12(2)6-8-13/h5-8,14,18H,4,9-11H2,1-3H3,(H,16,19). The summed E-state index contributed by atoms with van der Waals surface area (Å²) in [5, 5.41) is 11.8. The minimum absolute atomic E-state index is 0.0152. The van der Waals surface area contributed by atoms with E-state index in [-0.39, 0.29) is 18.7 Å². The van der Waals surface area contributed by atoms with Crippen molar-refractivity contribution in [1.82, 2.24) is 10.2 Å². The first kappa shape index (κ1) is 15.5. The molecule has 1 aromatic carbocycles. The molecule has 0 aliphatic rings. The summed E-state index contributed by atoms with van der Waals surface area (Å²) in [6.45, 7) is 4.46. The van der Waals surface area contributed by atoms with Gasteiger partial charge in [0.05, 0.1) is 6.61 Å². The number of hydrogen-bond donors (Lipinski definition) is 2. The van der Waals surface area contributed by atoms with Crippen molar-refractivity contribution in [3.8, 4) is 0 Å². The fourth-order valence-corrected chi connectivity index (χ4v) is 1.84. The minimum Gasteiger partial charge on any atom is -0.395 e. The van der Waals surface area contributed by atoms with Crippen molar-refractivity contribution >= 4 is 6.03 Å². The molecule has 0 aromatic heterocycles. The van der Waals surface area contributed by atoms with Gasteiger partial charge in [0, 0.05) is 19.6 Å². The summed E-state index contributed by atoms with van der Waals surface area (Å²) in [4.78, 5) is 13.3. The SMILES string of the molecule is CCC(Cc1ccc(C)cc1)NC(=O)N(C)CCO. The van der Waals surface area contributed by atoms with Gasteiger partial charge in [0.15, 0.2) is 0 Å². The molecule has 0 radical (unpaired) electrons. The molecule has 0 saturated carbocycles. The fourth-order valence-electron chi connectivity index (χ4n) is 1.84. The van der Waals surface area contributed by atoms with Crippen molar-refractivity contribution in [2.45, 2.75) is 32.7 Å². The molecule has 2 N–H and O–H groups in total. The molecule has 0 aliphatic carbocycles. The Labute approximate surface area is 115 Å². The van der Waals surface area contributed by atoms with Crippen molar-refractivity contribution in [3.05, 3.63) is 35.4 Å². The molecule has 4 nitrogen and oxygen atoms in total. The van der Waals surface area contributed by atoms with Crippen LogP contribution in [0.3, 0.4) is 0 Å². The number of urea groups is 1. The van der Waals surface area contributed by atoms with Crippen LogP contribution in [0.25, 0.3) is 0 Å². The van der Waals surface area contributed by atoms with Crippen molar-refractivity contribution < 1.29 is 9.90 Å².